The molecule has 1 aromatic rings. The van der Waals surface area contributed by atoms with E-state index < -0.39 is 0 Å². The van der Waals surface area contributed by atoms with E-state index in [1.165, 1.54) is 0 Å². The molecule has 0 aliphatic heterocycles. The van der Waals surface area contributed by atoms with Gasteiger partial charge in [-0.1, -0.05) is 32.4 Å². The highest BCUT2D eigenvalue weighted by Crippen LogP contribution is 2.27. The topological polar surface area (TPSA) is 29.5 Å². The molecule has 2 atom stereocenters. The van der Waals surface area contributed by atoms with Crippen LogP contribution in [0.3, 0.4) is 0 Å². The highest BCUT2D eigenvalue weighted by Gasteiger charge is 2.15. The third-order valence-electron chi connectivity index (χ3n) is 2.72. The summed E-state index contributed by atoms with van der Waals surface area (Å²) in [6, 6.07) is 7.65. The Bertz CT molecular complexity index is 296. The van der Waals surface area contributed by atoms with E-state index in [1.807, 2.05) is 24.3 Å². The summed E-state index contributed by atoms with van der Waals surface area (Å²) in [7, 11) is 1.64. The summed E-state index contributed by atoms with van der Waals surface area (Å²) >= 11 is 0. The maximum absolute atomic E-state index is 10.1. The molecule has 0 aromatic heterocycles. The molecule has 1 aromatic carbocycles. The first-order valence-electron chi connectivity index (χ1n) is 5.51. The van der Waals surface area contributed by atoms with Crippen LogP contribution in [0.1, 0.15) is 38.4 Å². The van der Waals surface area contributed by atoms with Crippen LogP contribution in [0, 0.1) is 5.92 Å². The van der Waals surface area contributed by atoms with Crippen LogP contribution >= 0.6 is 0 Å². The number of ether oxygens (including phenoxy) is 1. The average Bonchev–Trinajstić information content (AvgIpc) is 2.28. The lowest BCUT2D eigenvalue weighted by molar-refractivity contribution is 0.112. The van der Waals surface area contributed by atoms with Gasteiger partial charge in [-0.3, -0.25) is 0 Å². The summed E-state index contributed by atoms with van der Waals surface area (Å²) in [5.41, 5.74) is 0.940. The molecule has 0 aliphatic carbocycles. The van der Waals surface area contributed by atoms with Crippen molar-refractivity contribution in [1.82, 2.24) is 0 Å². The summed E-state index contributed by atoms with van der Waals surface area (Å²) in [5, 5.41) is 10.1. The quantitative estimate of drug-likeness (QED) is 0.805. The van der Waals surface area contributed by atoms with Gasteiger partial charge in [-0.25, -0.2) is 0 Å². The number of aliphatic hydroxyl groups excluding tert-OH is 1. The minimum absolute atomic E-state index is 0.294. The van der Waals surface area contributed by atoms with Gasteiger partial charge in [0, 0.05) is 0 Å². The minimum atomic E-state index is -0.389. The molecule has 1 N–H and O–H groups in total. The van der Waals surface area contributed by atoms with Gasteiger partial charge in [-0.15, -0.1) is 0 Å². The van der Waals surface area contributed by atoms with E-state index in [9.17, 15) is 5.11 Å². The Hall–Kier alpha value is -1.02. The molecule has 0 heterocycles. The maximum Gasteiger partial charge on any atom is 0.119 e. The Morgan fingerprint density at radius 2 is 2.13 bits per heavy atom. The van der Waals surface area contributed by atoms with Crippen molar-refractivity contribution >= 4 is 0 Å². The Balaban J connectivity index is 2.76. The number of hydrogen-bond donors (Lipinski definition) is 1. The first-order valence-corrected chi connectivity index (χ1v) is 5.51. The smallest absolute Gasteiger partial charge is 0.119 e. The summed E-state index contributed by atoms with van der Waals surface area (Å²) < 4.78 is 5.13. The number of hydrogen-bond acceptors (Lipinski definition) is 2. The zero-order valence-corrected chi connectivity index (χ0v) is 9.73. The number of benzene rings is 1. The third kappa shape index (κ3) is 3.24. The highest BCUT2D eigenvalue weighted by molar-refractivity contribution is 5.29. The number of aliphatic hydroxyl groups is 1. The fourth-order valence-corrected chi connectivity index (χ4v) is 1.77. The standard InChI is InChI=1S/C13H20O2/c1-4-6-10(2)13(14)11-7-5-8-12(9-11)15-3/h5,7-10,13-14H,4,6H2,1-3H3. The molecule has 0 radical (unpaired) electrons. The van der Waals surface area contributed by atoms with Crippen molar-refractivity contribution in [2.75, 3.05) is 7.11 Å². The molecular formula is C13H20O2. The SMILES string of the molecule is CCCC(C)C(O)c1cccc(OC)c1. The second-order valence-corrected chi connectivity index (χ2v) is 3.99. The monoisotopic (exact) mass is 208 g/mol. The Morgan fingerprint density at radius 3 is 2.73 bits per heavy atom. The van der Waals surface area contributed by atoms with E-state index in [1.54, 1.807) is 7.11 Å². The second kappa shape index (κ2) is 5.76. The largest absolute Gasteiger partial charge is 0.497 e. The van der Waals surface area contributed by atoms with Crippen LogP contribution in [0.5, 0.6) is 5.75 Å². The molecule has 2 heteroatoms. The molecule has 2 unspecified atom stereocenters. The van der Waals surface area contributed by atoms with Crippen LogP contribution < -0.4 is 4.74 Å². The molecule has 15 heavy (non-hydrogen) atoms. The van der Waals surface area contributed by atoms with E-state index >= 15 is 0 Å². The zero-order valence-electron chi connectivity index (χ0n) is 9.73. The van der Waals surface area contributed by atoms with Gasteiger partial charge >= 0.3 is 0 Å². The lowest BCUT2D eigenvalue weighted by Gasteiger charge is -2.18. The molecule has 0 aliphatic rings. The number of methoxy groups -OCH3 is 1. The van der Waals surface area contributed by atoms with Gasteiger partial charge in [-0.05, 0) is 30.0 Å². The molecule has 0 amide bonds. The fraction of sp³-hybridized carbons (Fsp3) is 0.538. The molecule has 0 fully saturated rings. The van der Waals surface area contributed by atoms with E-state index in [0.29, 0.717) is 5.92 Å². The van der Waals surface area contributed by atoms with Crippen LogP contribution in [0.25, 0.3) is 0 Å². The van der Waals surface area contributed by atoms with Crippen molar-refractivity contribution in [3.05, 3.63) is 29.8 Å². The molecule has 84 valence electrons. The van der Waals surface area contributed by atoms with Crippen LogP contribution in [0.4, 0.5) is 0 Å². The van der Waals surface area contributed by atoms with Gasteiger partial charge in [0.05, 0.1) is 13.2 Å². The summed E-state index contributed by atoms with van der Waals surface area (Å²) in [4.78, 5) is 0. The minimum Gasteiger partial charge on any atom is -0.497 e. The van der Waals surface area contributed by atoms with Crippen molar-refractivity contribution in [1.29, 1.82) is 0 Å². The van der Waals surface area contributed by atoms with Gasteiger partial charge in [0.15, 0.2) is 0 Å². The Labute approximate surface area is 91.9 Å². The molecular weight excluding hydrogens is 188 g/mol. The molecule has 0 spiro atoms. The van der Waals surface area contributed by atoms with Crippen molar-refractivity contribution < 1.29 is 9.84 Å². The average molecular weight is 208 g/mol. The summed E-state index contributed by atoms with van der Waals surface area (Å²) in [6.07, 6.45) is 1.75. The summed E-state index contributed by atoms with van der Waals surface area (Å²) in [5.74, 6) is 1.09. The Kier molecular flexibility index (Phi) is 4.63. The molecule has 1 rings (SSSR count). The first kappa shape index (κ1) is 12.1. The van der Waals surface area contributed by atoms with Crippen molar-refractivity contribution in [2.24, 2.45) is 5.92 Å². The third-order valence-corrected chi connectivity index (χ3v) is 2.72. The van der Waals surface area contributed by atoms with E-state index in [0.717, 1.165) is 24.2 Å². The highest BCUT2D eigenvalue weighted by atomic mass is 16.5. The van der Waals surface area contributed by atoms with E-state index in [4.69, 9.17) is 4.74 Å². The normalized spacial score (nSPS) is 14.7. The second-order valence-electron chi connectivity index (χ2n) is 3.99. The van der Waals surface area contributed by atoms with Crippen molar-refractivity contribution in [3.63, 3.8) is 0 Å². The zero-order chi connectivity index (χ0) is 11.3. The van der Waals surface area contributed by atoms with E-state index in [-0.39, 0.29) is 6.10 Å². The van der Waals surface area contributed by atoms with Gasteiger partial charge in [0.25, 0.3) is 0 Å². The van der Waals surface area contributed by atoms with Gasteiger partial charge < -0.3 is 9.84 Å². The first-order chi connectivity index (χ1) is 7.19. The molecule has 0 saturated carbocycles. The molecule has 0 bridgehead atoms. The fourth-order valence-electron chi connectivity index (χ4n) is 1.77. The van der Waals surface area contributed by atoms with Crippen LogP contribution in [0.15, 0.2) is 24.3 Å². The van der Waals surface area contributed by atoms with Crippen LogP contribution in [0.2, 0.25) is 0 Å². The molecule has 2 nitrogen and oxygen atoms in total. The van der Waals surface area contributed by atoms with Gasteiger partial charge in [0.1, 0.15) is 5.75 Å². The van der Waals surface area contributed by atoms with Crippen molar-refractivity contribution in [3.8, 4) is 5.75 Å². The van der Waals surface area contributed by atoms with Gasteiger partial charge in [0.2, 0.25) is 0 Å². The van der Waals surface area contributed by atoms with Crippen LogP contribution in [-0.4, -0.2) is 12.2 Å². The number of rotatable bonds is 5. The lowest BCUT2D eigenvalue weighted by atomic mass is 9.93. The predicted octanol–water partition coefficient (Wildman–Crippen LogP) is 3.16. The predicted molar refractivity (Wildman–Crippen MR) is 62.0 cm³/mol. The van der Waals surface area contributed by atoms with Gasteiger partial charge in [-0.2, -0.15) is 0 Å². The Morgan fingerprint density at radius 1 is 1.40 bits per heavy atom. The lowest BCUT2D eigenvalue weighted by Crippen LogP contribution is -2.08. The van der Waals surface area contributed by atoms with E-state index in [2.05, 4.69) is 13.8 Å². The maximum atomic E-state index is 10.1. The van der Waals surface area contributed by atoms with Crippen LogP contribution in [-0.2, 0) is 0 Å². The molecule has 0 saturated heterocycles. The van der Waals surface area contributed by atoms with Crippen molar-refractivity contribution in [2.45, 2.75) is 32.8 Å². The summed E-state index contributed by atoms with van der Waals surface area (Å²) in [6.45, 7) is 4.21.